The Labute approximate surface area is 98.8 Å². The molecule has 2 aromatic heterocycles. The highest BCUT2D eigenvalue weighted by molar-refractivity contribution is 5.43. The Kier molecular flexibility index (Phi) is 4.23. The Hall–Kier alpha value is -1.73. The van der Waals surface area contributed by atoms with Gasteiger partial charge in [0.2, 0.25) is 5.82 Å². The maximum Gasteiger partial charge on any atom is 0.240 e. The third-order valence-corrected chi connectivity index (χ3v) is 2.17. The van der Waals surface area contributed by atoms with Gasteiger partial charge in [-0.3, -0.25) is 0 Å². The van der Waals surface area contributed by atoms with E-state index in [0.29, 0.717) is 24.7 Å². The summed E-state index contributed by atoms with van der Waals surface area (Å²) < 4.78 is 10.1. The SMILES string of the molecule is COCCNCCn1nnc(-c2ccco2)n1. The van der Waals surface area contributed by atoms with Crippen LogP contribution in [0.2, 0.25) is 0 Å². The fourth-order valence-electron chi connectivity index (χ4n) is 1.32. The lowest BCUT2D eigenvalue weighted by atomic mass is 10.4. The number of nitrogens with zero attached hydrogens (tertiary/aromatic N) is 4. The summed E-state index contributed by atoms with van der Waals surface area (Å²) in [6.07, 6.45) is 1.59. The zero-order valence-corrected chi connectivity index (χ0v) is 9.67. The molecule has 1 N–H and O–H groups in total. The van der Waals surface area contributed by atoms with Gasteiger partial charge in [0, 0.05) is 20.2 Å². The third kappa shape index (κ3) is 3.36. The van der Waals surface area contributed by atoms with Crippen LogP contribution in [-0.4, -0.2) is 47.0 Å². The minimum atomic E-state index is 0.506. The molecule has 0 bridgehead atoms. The average Bonchev–Trinajstić information content (AvgIpc) is 2.99. The molecule has 0 aliphatic carbocycles. The molecule has 2 rings (SSSR count). The molecule has 2 aromatic rings. The lowest BCUT2D eigenvalue weighted by Crippen LogP contribution is -2.24. The van der Waals surface area contributed by atoms with E-state index in [0.717, 1.165) is 13.1 Å². The van der Waals surface area contributed by atoms with Crippen LogP contribution >= 0.6 is 0 Å². The van der Waals surface area contributed by atoms with Gasteiger partial charge in [0.25, 0.3) is 0 Å². The van der Waals surface area contributed by atoms with Crippen LogP contribution in [0.15, 0.2) is 22.8 Å². The Morgan fingerprint density at radius 3 is 3.18 bits per heavy atom. The molecule has 17 heavy (non-hydrogen) atoms. The standard InChI is InChI=1S/C10H15N5O2/c1-16-8-5-11-4-6-15-13-10(12-14-15)9-3-2-7-17-9/h2-3,7,11H,4-6,8H2,1H3. The Bertz CT molecular complexity index is 426. The molecule has 0 aliphatic heterocycles. The highest BCUT2D eigenvalue weighted by Crippen LogP contribution is 2.12. The smallest absolute Gasteiger partial charge is 0.240 e. The molecule has 0 fully saturated rings. The van der Waals surface area contributed by atoms with Crippen molar-refractivity contribution in [3.8, 4) is 11.6 Å². The van der Waals surface area contributed by atoms with Gasteiger partial charge >= 0.3 is 0 Å². The van der Waals surface area contributed by atoms with Crippen molar-refractivity contribution in [2.24, 2.45) is 0 Å². The van der Waals surface area contributed by atoms with Gasteiger partial charge in [0.15, 0.2) is 5.76 Å². The van der Waals surface area contributed by atoms with Crippen molar-refractivity contribution in [3.05, 3.63) is 18.4 Å². The number of methoxy groups -OCH3 is 1. The topological polar surface area (TPSA) is 78.0 Å². The summed E-state index contributed by atoms with van der Waals surface area (Å²) in [5.41, 5.74) is 0. The number of hydrogen-bond acceptors (Lipinski definition) is 6. The van der Waals surface area contributed by atoms with Crippen LogP contribution in [0.3, 0.4) is 0 Å². The van der Waals surface area contributed by atoms with Crippen molar-refractivity contribution in [1.29, 1.82) is 0 Å². The number of furan rings is 1. The van der Waals surface area contributed by atoms with Gasteiger partial charge in [-0.05, 0) is 17.3 Å². The van der Waals surface area contributed by atoms with Gasteiger partial charge in [-0.1, -0.05) is 0 Å². The molecule has 0 aromatic carbocycles. The summed E-state index contributed by atoms with van der Waals surface area (Å²) in [6, 6.07) is 3.60. The molecule has 0 spiro atoms. The largest absolute Gasteiger partial charge is 0.461 e. The first-order chi connectivity index (χ1) is 8.40. The van der Waals surface area contributed by atoms with Crippen LogP contribution in [0, 0.1) is 0 Å². The maximum absolute atomic E-state index is 5.18. The highest BCUT2D eigenvalue weighted by Gasteiger charge is 2.07. The predicted molar refractivity (Wildman–Crippen MR) is 60.3 cm³/mol. The van der Waals surface area contributed by atoms with Crippen LogP contribution < -0.4 is 5.32 Å². The van der Waals surface area contributed by atoms with E-state index in [1.54, 1.807) is 25.5 Å². The van der Waals surface area contributed by atoms with Gasteiger partial charge in [0.05, 0.1) is 19.4 Å². The number of tetrazole rings is 1. The zero-order chi connectivity index (χ0) is 11.9. The van der Waals surface area contributed by atoms with E-state index < -0.39 is 0 Å². The Morgan fingerprint density at radius 1 is 1.47 bits per heavy atom. The van der Waals surface area contributed by atoms with E-state index in [1.165, 1.54) is 4.80 Å². The highest BCUT2D eigenvalue weighted by atomic mass is 16.5. The molecule has 0 saturated carbocycles. The molecular weight excluding hydrogens is 222 g/mol. The normalized spacial score (nSPS) is 10.9. The van der Waals surface area contributed by atoms with E-state index >= 15 is 0 Å². The zero-order valence-electron chi connectivity index (χ0n) is 9.67. The average molecular weight is 237 g/mol. The molecule has 0 atom stereocenters. The summed E-state index contributed by atoms with van der Waals surface area (Å²) in [7, 11) is 1.68. The summed E-state index contributed by atoms with van der Waals surface area (Å²) in [5.74, 6) is 1.13. The Morgan fingerprint density at radius 2 is 2.41 bits per heavy atom. The minimum absolute atomic E-state index is 0.506. The lowest BCUT2D eigenvalue weighted by molar-refractivity contribution is 0.199. The maximum atomic E-state index is 5.18. The molecule has 0 unspecified atom stereocenters. The van der Waals surface area contributed by atoms with E-state index in [1.807, 2.05) is 0 Å². The predicted octanol–water partition coefficient (Wildman–Crippen LogP) is 0.169. The van der Waals surface area contributed by atoms with Gasteiger partial charge in [0.1, 0.15) is 0 Å². The van der Waals surface area contributed by atoms with Crippen LogP contribution in [0.25, 0.3) is 11.6 Å². The van der Waals surface area contributed by atoms with Crippen LogP contribution in [0.5, 0.6) is 0 Å². The first-order valence-electron chi connectivity index (χ1n) is 5.41. The number of ether oxygens (including phenoxy) is 1. The minimum Gasteiger partial charge on any atom is -0.461 e. The molecule has 0 aliphatic rings. The van der Waals surface area contributed by atoms with E-state index in [9.17, 15) is 0 Å². The second-order valence-corrected chi connectivity index (χ2v) is 3.43. The van der Waals surface area contributed by atoms with Crippen LogP contribution in [0.1, 0.15) is 0 Å². The van der Waals surface area contributed by atoms with Crippen LogP contribution in [0.4, 0.5) is 0 Å². The van der Waals surface area contributed by atoms with E-state index in [-0.39, 0.29) is 0 Å². The molecule has 7 nitrogen and oxygen atoms in total. The second-order valence-electron chi connectivity index (χ2n) is 3.43. The molecule has 0 radical (unpaired) electrons. The second kappa shape index (κ2) is 6.12. The fourth-order valence-corrected chi connectivity index (χ4v) is 1.32. The lowest BCUT2D eigenvalue weighted by Gasteiger charge is -2.01. The van der Waals surface area contributed by atoms with Gasteiger partial charge in [-0.25, -0.2) is 0 Å². The van der Waals surface area contributed by atoms with Crippen molar-refractivity contribution in [2.45, 2.75) is 6.54 Å². The van der Waals surface area contributed by atoms with Gasteiger partial charge in [-0.15, -0.1) is 10.2 Å². The first-order valence-corrected chi connectivity index (χ1v) is 5.41. The number of aromatic nitrogens is 4. The van der Waals surface area contributed by atoms with Gasteiger partial charge < -0.3 is 14.5 Å². The monoisotopic (exact) mass is 237 g/mol. The summed E-state index contributed by atoms with van der Waals surface area (Å²) >= 11 is 0. The first kappa shape index (κ1) is 11.7. The van der Waals surface area contributed by atoms with Crippen LogP contribution in [-0.2, 0) is 11.3 Å². The Balaban J connectivity index is 1.79. The number of hydrogen-bond donors (Lipinski definition) is 1. The molecule has 0 amide bonds. The van der Waals surface area contributed by atoms with Crippen molar-refractivity contribution < 1.29 is 9.15 Å². The van der Waals surface area contributed by atoms with Crippen molar-refractivity contribution >= 4 is 0 Å². The molecule has 92 valence electrons. The van der Waals surface area contributed by atoms with Crippen molar-refractivity contribution in [2.75, 3.05) is 26.8 Å². The van der Waals surface area contributed by atoms with E-state index in [4.69, 9.17) is 9.15 Å². The molecule has 0 saturated heterocycles. The molecule has 7 heteroatoms. The van der Waals surface area contributed by atoms with Gasteiger partial charge in [-0.2, -0.15) is 4.80 Å². The summed E-state index contributed by atoms with van der Waals surface area (Å²) in [5, 5.41) is 15.2. The van der Waals surface area contributed by atoms with E-state index in [2.05, 4.69) is 20.7 Å². The molecule has 2 heterocycles. The summed E-state index contributed by atoms with van der Waals surface area (Å²) in [4.78, 5) is 1.54. The number of nitrogens with one attached hydrogen (secondary N) is 1. The summed E-state index contributed by atoms with van der Waals surface area (Å²) in [6.45, 7) is 2.95. The quantitative estimate of drug-likeness (QED) is 0.692. The van der Waals surface area contributed by atoms with Crippen molar-refractivity contribution in [3.63, 3.8) is 0 Å². The fraction of sp³-hybridized carbons (Fsp3) is 0.500. The molecular formula is C10H15N5O2. The third-order valence-electron chi connectivity index (χ3n) is 2.17. The number of rotatable bonds is 7. The van der Waals surface area contributed by atoms with Crippen molar-refractivity contribution in [1.82, 2.24) is 25.5 Å².